The van der Waals surface area contributed by atoms with Crippen molar-refractivity contribution < 1.29 is 14.7 Å². The lowest BCUT2D eigenvalue weighted by molar-refractivity contribution is -0.144. The maximum absolute atomic E-state index is 12.3. The van der Waals surface area contributed by atoms with Gasteiger partial charge in [0.2, 0.25) is 5.91 Å². The number of rotatable bonds is 8. The Morgan fingerprint density at radius 1 is 1.15 bits per heavy atom. The van der Waals surface area contributed by atoms with Gasteiger partial charge in [-0.3, -0.25) is 14.3 Å². The Kier molecular flexibility index (Phi) is 6.55. The molecule has 0 bridgehead atoms. The Balaban J connectivity index is 2.06. The first kappa shape index (κ1) is 19.7. The highest BCUT2D eigenvalue weighted by Crippen LogP contribution is 2.17. The number of hydrogen-bond acceptors (Lipinski definition) is 3. The summed E-state index contributed by atoms with van der Waals surface area (Å²) in [5.41, 5.74) is 5.45. The Morgan fingerprint density at radius 2 is 1.81 bits per heavy atom. The number of aryl methyl sites for hydroxylation is 2. The smallest absolute Gasteiger partial charge is 0.323 e. The van der Waals surface area contributed by atoms with Crippen molar-refractivity contribution in [3.63, 3.8) is 0 Å². The van der Waals surface area contributed by atoms with Gasteiger partial charge in [0.1, 0.15) is 6.54 Å². The van der Waals surface area contributed by atoms with Gasteiger partial charge in [0, 0.05) is 18.7 Å². The van der Waals surface area contributed by atoms with Gasteiger partial charge in [-0.25, -0.2) is 0 Å². The molecule has 140 valence electrons. The SMILES string of the molecule is CCN(CC(=O)O)C(=O)CCc1c(C)nn(Cc2ccc(C)cc2)c1C. The lowest BCUT2D eigenvalue weighted by atomic mass is 10.1. The summed E-state index contributed by atoms with van der Waals surface area (Å²) in [5, 5.41) is 13.5. The fourth-order valence-corrected chi connectivity index (χ4v) is 3.05. The van der Waals surface area contributed by atoms with E-state index in [0.717, 1.165) is 17.0 Å². The number of carboxylic acids is 1. The summed E-state index contributed by atoms with van der Waals surface area (Å²) in [4.78, 5) is 24.5. The molecule has 1 N–H and O–H groups in total. The summed E-state index contributed by atoms with van der Waals surface area (Å²) in [5.74, 6) is -1.13. The van der Waals surface area contributed by atoms with Crippen molar-refractivity contribution in [2.24, 2.45) is 0 Å². The van der Waals surface area contributed by atoms with Gasteiger partial charge in [0.25, 0.3) is 0 Å². The predicted octanol–water partition coefficient (Wildman–Crippen LogP) is 2.72. The zero-order valence-corrected chi connectivity index (χ0v) is 16.0. The molecule has 0 radical (unpaired) electrons. The second-order valence-electron chi connectivity index (χ2n) is 6.59. The van der Waals surface area contributed by atoms with E-state index in [0.29, 0.717) is 25.9 Å². The Bertz CT molecular complexity index is 778. The van der Waals surface area contributed by atoms with E-state index in [9.17, 15) is 9.59 Å². The van der Waals surface area contributed by atoms with Crippen LogP contribution in [0.25, 0.3) is 0 Å². The number of amides is 1. The number of aromatic nitrogens is 2. The molecule has 6 nitrogen and oxygen atoms in total. The second-order valence-corrected chi connectivity index (χ2v) is 6.59. The Hall–Kier alpha value is -2.63. The number of aliphatic carboxylic acids is 1. The van der Waals surface area contributed by atoms with E-state index in [1.807, 2.05) is 18.5 Å². The van der Waals surface area contributed by atoms with E-state index in [2.05, 4.69) is 36.3 Å². The Labute approximate surface area is 154 Å². The molecule has 2 aromatic rings. The minimum atomic E-state index is -0.988. The second kappa shape index (κ2) is 8.65. The topological polar surface area (TPSA) is 75.4 Å². The molecular weight excluding hydrogens is 330 g/mol. The number of benzene rings is 1. The quantitative estimate of drug-likeness (QED) is 0.788. The van der Waals surface area contributed by atoms with E-state index in [4.69, 9.17) is 5.11 Å². The first-order valence-electron chi connectivity index (χ1n) is 8.89. The van der Waals surface area contributed by atoms with Crippen LogP contribution in [0.2, 0.25) is 0 Å². The minimum absolute atomic E-state index is 0.139. The average molecular weight is 357 g/mol. The molecule has 1 heterocycles. The maximum atomic E-state index is 12.3. The minimum Gasteiger partial charge on any atom is -0.480 e. The number of carbonyl (C=O) groups excluding carboxylic acids is 1. The monoisotopic (exact) mass is 357 g/mol. The molecule has 0 aliphatic carbocycles. The standard InChI is InChI=1S/C20H27N3O3/c1-5-22(13-20(25)26)19(24)11-10-18-15(3)21-23(16(18)4)12-17-8-6-14(2)7-9-17/h6-9H,5,10-13H2,1-4H3,(H,25,26). The van der Waals surface area contributed by atoms with E-state index in [1.165, 1.54) is 16.0 Å². The van der Waals surface area contributed by atoms with E-state index in [-0.39, 0.29) is 12.5 Å². The normalized spacial score (nSPS) is 10.8. The van der Waals surface area contributed by atoms with Gasteiger partial charge in [-0.2, -0.15) is 5.10 Å². The van der Waals surface area contributed by atoms with Crippen LogP contribution in [0.3, 0.4) is 0 Å². The van der Waals surface area contributed by atoms with Gasteiger partial charge >= 0.3 is 5.97 Å². The van der Waals surface area contributed by atoms with Crippen molar-refractivity contribution in [3.8, 4) is 0 Å². The lowest BCUT2D eigenvalue weighted by Gasteiger charge is -2.18. The van der Waals surface area contributed by atoms with Crippen molar-refractivity contribution >= 4 is 11.9 Å². The van der Waals surface area contributed by atoms with E-state index >= 15 is 0 Å². The molecule has 0 atom stereocenters. The third kappa shape index (κ3) is 4.94. The van der Waals surface area contributed by atoms with Crippen LogP contribution in [0.15, 0.2) is 24.3 Å². The molecular formula is C20H27N3O3. The van der Waals surface area contributed by atoms with Crippen molar-refractivity contribution in [1.82, 2.24) is 14.7 Å². The maximum Gasteiger partial charge on any atom is 0.323 e. The molecule has 6 heteroatoms. The fraction of sp³-hybridized carbons (Fsp3) is 0.450. The van der Waals surface area contributed by atoms with E-state index < -0.39 is 5.97 Å². The molecule has 2 rings (SSSR count). The number of carbonyl (C=O) groups is 2. The van der Waals surface area contributed by atoms with Gasteiger partial charge in [-0.15, -0.1) is 0 Å². The number of carboxylic acid groups (broad SMARTS) is 1. The predicted molar refractivity (Wildman–Crippen MR) is 100 cm³/mol. The Morgan fingerprint density at radius 3 is 2.38 bits per heavy atom. The number of hydrogen-bond donors (Lipinski definition) is 1. The van der Waals surface area contributed by atoms with Gasteiger partial charge in [0.15, 0.2) is 0 Å². The number of likely N-dealkylation sites (N-methyl/N-ethyl adjacent to an activating group) is 1. The first-order chi connectivity index (χ1) is 12.3. The summed E-state index contributed by atoms with van der Waals surface area (Å²) in [7, 11) is 0. The molecule has 26 heavy (non-hydrogen) atoms. The number of nitrogens with zero attached hydrogens (tertiary/aromatic N) is 3. The molecule has 0 aliphatic heterocycles. The van der Waals surface area contributed by atoms with Crippen LogP contribution < -0.4 is 0 Å². The molecule has 1 aromatic carbocycles. The highest BCUT2D eigenvalue weighted by Gasteiger charge is 2.17. The largest absolute Gasteiger partial charge is 0.480 e. The third-order valence-electron chi connectivity index (χ3n) is 4.63. The molecule has 0 saturated heterocycles. The summed E-state index contributed by atoms with van der Waals surface area (Å²) < 4.78 is 1.97. The summed E-state index contributed by atoms with van der Waals surface area (Å²) >= 11 is 0. The first-order valence-corrected chi connectivity index (χ1v) is 8.89. The molecule has 0 aliphatic rings. The molecule has 0 fully saturated rings. The van der Waals surface area contributed by atoms with Crippen molar-refractivity contribution in [2.45, 2.75) is 47.1 Å². The molecule has 0 saturated carbocycles. The summed E-state index contributed by atoms with van der Waals surface area (Å²) in [6.45, 7) is 8.66. The average Bonchev–Trinajstić information content (AvgIpc) is 2.86. The van der Waals surface area contributed by atoms with Crippen LogP contribution in [0.5, 0.6) is 0 Å². The fourth-order valence-electron chi connectivity index (χ4n) is 3.05. The van der Waals surface area contributed by atoms with Gasteiger partial charge in [-0.05, 0) is 45.2 Å². The van der Waals surface area contributed by atoms with Crippen LogP contribution >= 0.6 is 0 Å². The van der Waals surface area contributed by atoms with Crippen LogP contribution in [-0.4, -0.2) is 44.8 Å². The van der Waals surface area contributed by atoms with Crippen LogP contribution in [0, 0.1) is 20.8 Å². The van der Waals surface area contributed by atoms with Crippen molar-refractivity contribution in [1.29, 1.82) is 0 Å². The molecule has 1 aromatic heterocycles. The van der Waals surface area contributed by atoms with Crippen LogP contribution in [0.4, 0.5) is 0 Å². The summed E-state index contributed by atoms with van der Waals surface area (Å²) in [6, 6.07) is 8.37. The zero-order valence-electron chi connectivity index (χ0n) is 16.0. The third-order valence-corrected chi connectivity index (χ3v) is 4.63. The van der Waals surface area contributed by atoms with Gasteiger partial charge in [-0.1, -0.05) is 29.8 Å². The highest BCUT2D eigenvalue weighted by molar-refractivity contribution is 5.81. The van der Waals surface area contributed by atoms with Gasteiger partial charge in [0.05, 0.1) is 12.2 Å². The van der Waals surface area contributed by atoms with Crippen LogP contribution in [0.1, 0.15) is 41.4 Å². The highest BCUT2D eigenvalue weighted by atomic mass is 16.4. The van der Waals surface area contributed by atoms with Crippen molar-refractivity contribution in [3.05, 3.63) is 52.3 Å². The molecule has 1 amide bonds. The molecule has 0 spiro atoms. The van der Waals surface area contributed by atoms with E-state index in [1.54, 1.807) is 6.92 Å². The molecule has 0 unspecified atom stereocenters. The summed E-state index contributed by atoms with van der Waals surface area (Å²) in [6.07, 6.45) is 0.861. The zero-order chi connectivity index (χ0) is 19.3. The van der Waals surface area contributed by atoms with Crippen molar-refractivity contribution in [2.75, 3.05) is 13.1 Å². The van der Waals surface area contributed by atoms with Gasteiger partial charge < -0.3 is 10.0 Å². The van der Waals surface area contributed by atoms with Crippen LogP contribution in [-0.2, 0) is 22.6 Å². The lowest BCUT2D eigenvalue weighted by Crippen LogP contribution is -2.35.